The number of amides is 1. The third-order valence-electron chi connectivity index (χ3n) is 3.83. The van der Waals surface area contributed by atoms with Gasteiger partial charge in [-0.3, -0.25) is 4.79 Å². The number of hydrogen-bond donors (Lipinski definition) is 2. The van der Waals surface area contributed by atoms with Gasteiger partial charge in [-0.15, -0.1) is 0 Å². The number of rotatable bonds is 3. The number of fused-ring (bicyclic) bond motifs is 1. The zero-order chi connectivity index (χ0) is 17.3. The number of benzene rings is 2. The van der Waals surface area contributed by atoms with Crippen LogP contribution in [0.5, 0.6) is 0 Å². The number of nitrogens with one attached hydrogen (secondary N) is 1. The number of aryl methyl sites for hydroxylation is 1. The van der Waals surface area contributed by atoms with Gasteiger partial charge in [0.2, 0.25) is 5.95 Å². The zero-order valence-electron chi connectivity index (χ0n) is 14.0. The first-order chi connectivity index (χ1) is 11.4. The van der Waals surface area contributed by atoms with Crippen molar-refractivity contribution in [3.63, 3.8) is 0 Å². The van der Waals surface area contributed by atoms with Crippen LogP contribution in [-0.2, 0) is 0 Å². The molecule has 0 spiro atoms. The normalized spacial score (nSPS) is 11.0. The van der Waals surface area contributed by atoms with Crippen LogP contribution in [0.3, 0.4) is 0 Å². The van der Waals surface area contributed by atoms with E-state index in [-0.39, 0.29) is 17.9 Å². The van der Waals surface area contributed by atoms with Gasteiger partial charge in [-0.05, 0) is 61.7 Å². The summed E-state index contributed by atoms with van der Waals surface area (Å²) in [6.07, 6.45) is 1.71. The van der Waals surface area contributed by atoms with E-state index in [2.05, 4.69) is 15.3 Å². The van der Waals surface area contributed by atoms with Crippen molar-refractivity contribution >= 4 is 22.8 Å². The molecule has 0 saturated carbocycles. The Morgan fingerprint density at radius 2 is 1.96 bits per heavy atom. The number of nitrogen functional groups attached to an aromatic ring is 1. The largest absolute Gasteiger partial charge is 0.368 e. The van der Waals surface area contributed by atoms with E-state index in [1.54, 1.807) is 6.20 Å². The van der Waals surface area contributed by atoms with E-state index < -0.39 is 0 Å². The second-order valence-electron chi connectivity index (χ2n) is 6.16. The van der Waals surface area contributed by atoms with Crippen molar-refractivity contribution in [3.05, 3.63) is 53.7 Å². The minimum atomic E-state index is -0.0665. The Balaban J connectivity index is 2.05. The molecule has 0 bridgehead atoms. The molecule has 5 nitrogen and oxygen atoms in total. The van der Waals surface area contributed by atoms with Crippen molar-refractivity contribution in [1.29, 1.82) is 0 Å². The Morgan fingerprint density at radius 3 is 2.71 bits per heavy atom. The SMILES string of the molecule is Cc1ccc(C(=O)NC(C)C)cc1-c1ccc2nc(N)ncc2c1. The summed E-state index contributed by atoms with van der Waals surface area (Å²) in [4.78, 5) is 20.5. The zero-order valence-corrected chi connectivity index (χ0v) is 14.0. The summed E-state index contributed by atoms with van der Waals surface area (Å²) in [6, 6.07) is 11.8. The van der Waals surface area contributed by atoms with Gasteiger partial charge in [0.15, 0.2) is 0 Å². The van der Waals surface area contributed by atoms with E-state index in [0.717, 1.165) is 27.6 Å². The topological polar surface area (TPSA) is 80.9 Å². The van der Waals surface area contributed by atoms with Gasteiger partial charge in [0, 0.05) is 23.2 Å². The highest BCUT2D eigenvalue weighted by Crippen LogP contribution is 2.27. The highest BCUT2D eigenvalue weighted by atomic mass is 16.1. The van der Waals surface area contributed by atoms with E-state index in [0.29, 0.717) is 5.56 Å². The van der Waals surface area contributed by atoms with Crippen molar-refractivity contribution in [2.75, 3.05) is 5.73 Å². The third-order valence-corrected chi connectivity index (χ3v) is 3.83. The van der Waals surface area contributed by atoms with Crippen LogP contribution in [0.4, 0.5) is 5.95 Å². The molecule has 3 rings (SSSR count). The minimum Gasteiger partial charge on any atom is -0.368 e. The molecule has 0 radical (unpaired) electrons. The van der Waals surface area contributed by atoms with Crippen LogP contribution in [0.15, 0.2) is 42.6 Å². The fourth-order valence-electron chi connectivity index (χ4n) is 2.63. The molecule has 2 aromatic carbocycles. The van der Waals surface area contributed by atoms with E-state index in [4.69, 9.17) is 5.73 Å². The molecular weight excluding hydrogens is 300 g/mol. The van der Waals surface area contributed by atoms with Crippen LogP contribution < -0.4 is 11.1 Å². The molecule has 0 atom stereocenters. The van der Waals surface area contributed by atoms with Gasteiger partial charge in [0.05, 0.1) is 5.52 Å². The van der Waals surface area contributed by atoms with Gasteiger partial charge in [0.25, 0.3) is 5.91 Å². The highest BCUT2D eigenvalue weighted by Gasteiger charge is 2.11. The molecule has 5 heteroatoms. The number of carbonyl (C=O) groups is 1. The van der Waals surface area contributed by atoms with Gasteiger partial charge in [-0.1, -0.05) is 12.1 Å². The molecule has 0 unspecified atom stereocenters. The van der Waals surface area contributed by atoms with Gasteiger partial charge in [-0.25, -0.2) is 9.97 Å². The molecule has 0 fully saturated rings. The van der Waals surface area contributed by atoms with Crippen molar-refractivity contribution in [3.8, 4) is 11.1 Å². The van der Waals surface area contributed by atoms with Crippen molar-refractivity contribution < 1.29 is 4.79 Å². The fraction of sp³-hybridized carbons (Fsp3) is 0.211. The number of nitrogens with two attached hydrogens (primary N) is 1. The van der Waals surface area contributed by atoms with Crippen LogP contribution in [0.25, 0.3) is 22.0 Å². The lowest BCUT2D eigenvalue weighted by Gasteiger charge is -2.12. The van der Waals surface area contributed by atoms with Gasteiger partial charge in [0.1, 0.15) is 0 Å². The first-order valence-corrected chi connectivity index (χ1v) is 7.88. The molecule has 1 heterocycles. The van der Waals surface area contributed by atoms with Gasteiger partial charge >= 0.3 is 0 Å². The number of hydrogen-bond acceptors (Lipinski definition) is 4. The van der Waals surface area contributed by atoms with E-state index in [1.165, 1.54) is 0 Å². The van der Waals surface area contributed by atoms with Crippen molar-refractivity contribution in [2.45, 2.75) is 26.8 Å². The Bertz CT molecular complexity index is 918. The van der Waals surface area contributed by atoms with E-state index in [1.807, 2.05) is 57.2 Å². The van der Waals surface area contributed by atoms with Crippen LogP contribution >= 0.6 is 0 Å². The van der Waals surface area contributed by atoms with Gasteiger partial charge in [-0.2, -0.15) is 0 Å². The number of carbonyl (C=O) groups excluding carboxylic acids is 1. The molecule has 3 aromatic rings. The molecule has 0 aliphatic rings. The summed E-state index contributed by atoms with van der Waals surface area (Å²) >= 11 is 0. The fourth-order valence-corrected chi connectivity index (χ4v) is 2.63. The molecule has 122 valence electrons. The van der Waals surface area contributed by atoms with Gasteiger partial charge < -0.3 is 11.1 Å². The average molecular weight is 320 g/mol. The Kier molecular flexibility index (Phi) is 4.16. The van der Waals surface area contributed by atoms with E-state index in [9.17, 15) is 4.79 Å². The maximum absolute atomic E-state index is 12.3. The number of anilines is 1. The second-order valence-corrected chi connectivity index (χ2v) is 6.16. The summed E-state index contributed by atoms with van der Waals surface area (Å²) < 4.78 is 0. The lowest BCUT2D eigenvalue weighted by Crippen LogP contribution is -2.30. The molecule has 1 aromatic heterocycles. The summed E-state index contributed by atoms with van der Waals surface area (Å²) in [5.74, 6) is 0.196. The van der Waals surface area contributed by atoms with Crippen molar-refractivity contribution in [2.24, 2.45) is 0 Å². The maximum atomic E-state index is 12.3. The first-order valence-electron chi connectivity index (χ1n) is 7.88. The maximum Gasteiger partial charge on any atom is 0.251 e. The standard InChI is InChI=1S/C19H20N4O/c1-11(2)22-18(24)14-5-4-12(3)16(9-14)13-6-7-17-15(8-13)10-21-19(20)23-17/h4-11H,1-3H3,(H,22,24)(H2,20,21,23). The molecule has 0 aliphatic heterocycles. The Morgan fingerprint density at radius 1 is 1.17 bits per heavy atom. The van der Waals surface area contributed by atoms with Crippen LogP contribution in [0, 0.1) is 6.92 Å². The molecule has 3 N–H and O–H groups in total. The number of nitrogens with zero attached hydrogens (tertiary/aromatic N) is 2. The third kappa shape index (κ3) is 3.20. The summed E-state index contributed by atoms with van der Waals surface area (Å²) in [6.45, 7) is 5.92. The first kappa shape index (κ1) is 15.9. The van der Waals surface area contributed by atoms with Crippen LogP contribution in [0.1, 0.15) is 29.8 Å². The number of aromatic nitrogens is 2. The van der Waals surface area contributed by atoms with Crippen molar-refractivity contribution in [1.82, 2.24) is 15.3 Å². The summed E-state index contributed by atoms with van der Waals surface area (Å²) in [5.41, 5.74) is 10.2. The quantitative estimate of drug-likeness (QED) is 0.775. The lowest BCUT2D eigenvalue weighted by atomic mass is 9.97. The molecule has 1 amide bonds. The Labute approximate surface area is 140 Å². The minimum absolute atomic E-state index is 0.0665. The highest BCUT2D eigenvalue weighted by molar-refractivity contribution is 5.96. The molecule has 24 heavy (non-hydrogen) atoms. The predicted octanol–water partition coefficient (Wildman–Crippen LogP) is 3.33. The predicted molar refractivity (Wildman–Crippen MR) is 96.7 cm³/mol. The van der Waals surface area contributed by atoms with Crippen LogP contribution in [-0.4, -0.2) is 21.9 Å². The molecule has 0 saturated heterocycles. The molecule has 0 aliphatic carbocycles. The average Bonchev–Trinajstić information content (AvgIpc) is 2.54. The van der Waals surface area contributed by atoms with Crippen LogP contribution in [0.2, 0.25) is 0 Å². The summed E-state index contributed by atoms with van der Waals surface area (Å²) in [7, 11) is 0. The molecular formula is C19H20N4O. The Hall–Kier alpha value is -2.95. The van der Waals surface area contributed by atoms with E-state index >= 15 is 0 Å². The smallest absolute Gasteiger partial charge is 0.251 e. The monoisotopic (exact) mass is 320 g/mol. The lowest BCUT2D eigenvalue weighted by molar-refractivity contribution is 0.0943. The second kappa shape index (κ2) is 6.28. The summed E-state index contributed by atoms with van der Waals surface area (Å²) in [5, 5.41) is 3.84.